The number of amides is 1. The van der Waals surface area contributed by atoms with Gasteiger partial charge in [-0.05, 0) is 30.5 Å². The summed E-state index contributed by atoms with van der Waals surface area (Å²) < 4.78 is 0. The number of hydrogen-bond donors (Lipinski definition) is 1. The van der Waals surface area contributed by atoms with Crippen LogP contribution in [-0.4, -0.2) is 23.0 Å². The normalized spacial score (nSPS) is 9.78. The van der Waals surface area contributed by atoms with E-state index < -0.39 is 0 Å². The summed E-state index contributed by atoms with van der Waals surface area (Å²) in [6.45, 7) is 0.564. The highest BCUT2D eigenvalue weighted by molar-refractivity contribution is 5.75. The molecule has 0 fully saturated rings. The van der Waals surface area contributed by atoms with Crippen LogP contribution in [0.15, 0.2) is 24.3 Å². The van der Waals surface area contributed by atoms with Crippen LogP contribution in [0.25, 0.3) is 0 Å². The van der Waals surface area contributed by atoms with Crippen molar-refractivity contribution < 1.29 is 9.90 Å². The van der Waals surface area contributed by atoms with Gasteiger partial charge in [-0.15, -0.1) is 12.3 Å². The number of aromatic hydroxyl groups is 1. The van der Waals surface area contributed by atoms with E-state index in [4.69, 9.17) is 11.5 Å². The number of benzene rings is 1. The lowest BCUT2D eigenvalue weighted by Crippen LogP contribution is -2.25. The molecule has 1 N–H and O–H groups in total. The molecule has 1 aromatic rings. The zero-order valence-corrected chi connectivity index (χ0v) is 10.7. The summed E-state index contributed by atoms with van der Waals surface area (Å²) in [6, 6.07) is 6.88. The maximum Gasteiger partial charge on any atom is 0.222 e. The fraction of sp³-hybridized carbons (Fsp3) is 0.400. The fourth-order valence-electron chi connectivity index (χ4n) is 1.66. The van der Waals surface area contributed by atoms with Crippen molar-refractivity contribution in [2.24, 2.45) is 0 Å². The summed E-state index contributed by atoms with van der Waals surface area (Å²) in [4.78, 5) is 13.5. The molecule has 0 spiro atoms. The van der Waals surface area contributed by atoms with E-state index in [1.54, 1.807) is 24.1 Å². The maximum absolute atomic E-state index is 11.8. The van der Waals surface area contributed by atoms with Gasteiger partial charge in [-0.3, -0.25) is 4.79 Å². The molecule has 0 aromatic heterocycles. The number of terminal acetylenes is 1. The molecule has 0 aliphatic carbocycles. The molecule has 0 saturated carbocycles. The van der Waals surface area contributed by atoms with Gasteiger partial charge in [0.15, 0.2) is 0 Å². The Morgan fingerprint density at radius 1 is 1.33 bits per heavy atom. The Bertz CT molecular complexity index is 417. The molecule has 0 aliphatic heterocycles. The molecule has 0 bridgehead atoms. The number of hydrogen-bond acceptors (Lipinski definition) is 2. The van der Waals surface area contributed by atoms with Crippen molar-refractivity contribution in [3.05, 3.63) is 29.8 Å². The predicted octanol–water partition coefficient (Wildman–Crippen LogP) is 2.54. The summed E-state index contributed by atoms with van der Waals surface area (Å²) in [6.07, 6.45) is 8.16. The topological polar surface area (TPSA) is 40.5 Å². The van der Waals surface area contributed by atoms with Crippen LogP contribution in [0.5, 0.6) is 5.75 Å². The fourth-order valence-corrected chi connectivity index (χ4v) is 1.66. The minimum absolute atomic E-state index is 0.125. The SMILES string of the molecule is C#CCCCCC(=O)N(C)Cc1ccc(O)cc1. The number of carbonyl (C=O) groups excluding carboxylic acids is 1. The molecular formula is C15H19NO2. The van der Waals surface area contributed by atoms with Crippen LogP contribution in [0, 0.1) is 12.3 Å². The Morgan fingerprint density at radius 2 is 2.00 bits per heavy atom. The third-order valence-corrected chi connectivity index (χ3v) is 2.74. The number of unbranched alkanes of at least 4 members (excludes halogenated alkanes) is 2. The molecule has 3 nitrogen and oxygen atoms in total. The van der Waals surface area contributed by atoms with Gasteiger partial charge < -0.3 is 10.0 Å². The summed E-state index contributed by atoms with van der Waals surface area (Å²) in [5, 5.41) is 9.17. The largest absolute Gasteiger partial charge is 0.508 e. The van der Waals surface area contributed by atoms with Crippen LogP contribution >= 0.6 is 0 Å². The van der Waals surface area contributed by atoms with Crippen molar-refractivity contribution in [3.8, 4) is 18.1 Å². The molecule has 3 heteroatoms. The van der Waals surface area contributed by atoms with E-state index in [0.717, 1.165) is 24.8 Å². The van der Waals surface area contributed by atoms with E-state index in [9.17, 15) is 4.79 Å². The van der Waals surface area contributed by atoms with Crippen molar-refractivity contribution in [1.82, 2.24) is 4.90 Å². The Kier molecular flexibility index (Phi) is 5.79. The molecule has 1 rings (SSSR count). The van der Waals surface area contributed by atoms with Gasteiger partial charge in [0.05, 0.1) is 0 Å². The minimum Gasteiger partial charge on any atom is -0.508 e. The molecule has 0 radical (unpaired) electrons. The number of phenols is 1. The summed E-state index contributed by atoms with van der Waals surface area (Å²) in [7, 11) is 1.79. The zero-order chi connectivity index (χ0) is 13.4. The summed E-state index contributed by atoms with van der Waals surface area (Å²) >= 11 is 0. The molecule has 18 heavy (non-hydrogen) atoms. The van der Waals surface area contributed by atoms with Gasteiger partial charge in [0.1, 0.15) is 5.75 Å². The van der Waals surface area contributed by atoms with Gasteiger partial charge >= 0.3 is 0 Å². The van der Waals surface area contributed by atoms with Crippen LogP contribution in [0.4, 0.5) is 0 Å². The molecule has 1 aromatic carbocycles. The van der Waals surface area contributed by atoms with Crippen LogP contribution in [0.1, 0.15) is 31.2 Å². The van der Waals surface area contributed by atoms with Gasteiger partial charge in [-0.1, -0.05) is 12.1 Å². The van der Waals surface area contributed by atoms with Crippen molar-refractivity contribution >= 4 is 5.91 Å². The zero-order valence-electron chi connectivity index (χ0n) is 10.7. The molecule has 0 unspecified atom stereocenters. The van der Waals surface area contributed by atoms with E-state index >= 15 is 0 Å². The smallest absolute Gasteiger partial charge is 0.222 e. The lowest BCUT2D eigenvalue weighted by atomic mass is 10.1. The highest BCUT2D eigenvalue weighted by atomic mass is 16.3. The molecule has 0 aliphatic rings. The van der Waals surface area contributed by atoms with E-state index in [0.29, 0.717) is 13.0 Å². The standard InChI is InChI=1S/C15H19NO2/c1-3-4-5-6-7-15(18)16(2)12-13-8-10-14(17)11-9-13/h1,8-11,17H,4-7,12H2,2H3. The van der Waals surface area contributed by atoms with Crippen molar-refractivity contribution in [3.63, 3.8) is 0 Å². The van der Waals surface area contributed by atoms with E-state index in [1.165, 1.54) is 0 Å². The van der Waals surface area contributed by atoms with Gasteiger partial charge in [0.25, 0.3) is 0 Å². The van der Waals surface area contributed by atoms with Crippen LogP contribution in [-0.2, 0) is 11.3 Å². The van der Waals surface area contributed by atoms with Gasteiger partial charge in [0.2, 0.25) is 5.91 Å². The molecular weight excluding hydrogens is 226 g/mol. The third kappa shape index (κ3) is 4.92. The monoisotopic (exact) mass is 245 g/mol. The van der Waals surface area contributed by atoms with Gasteiger partial charge in [-0.2, -0.15) is 0 Å². The highest BCUT2D eigenvalue weighted by Crippen LogP contribution is 2.12. The summed E-state index contributed by atoms with van der Waals surface area (Å²) in [5.41, 5.74) is 1.01. The first-order valence-corrected chi connectivity index (χ1v) is 6.09. The van der Waals surface area contributed by atoms with E-state index in [-0.39, 0.29) is 11.7 Å². The Labute approximate surface area is 108 Å². The first kappa shape index (κ1) is 14.1. The summed E-state index contributed by atoms with van der Waals surface area (Å²) in [5.74, 6) is 2.93. The molecule has 0 saturated heterocycles. The number of carbonyl (C=O) groups is 1. The highest BCUT2D eigenvalue weighted by Gasteiger charge is 2.08. The van der Waals surface area contributed by atoms with Gasteiger partial charge in [0, 0.05) is 26.4 Å². The number of nitrogens with zero attached hydrogens (tertiary/aromatic N) is 1. The maximum atomic E-state index is 11.8. The lowest BCUT2D eigenvalue weighted by Gasteiger charge is -2.17. The van der Waals surface area contributed by atoms with Crippen molar-refractivity contribution in [2.75, 3.05) is 7.05 Å². The average molecular weight is 245 g/mol. The van der Waals surface area contributed by atoms with Crippen molar-refractivity contribution in [1.29, 1.82) is 0 Å². The third-order valence-electron chi connectivity index (χ3n) is 2.74. The van der Waals surface area contributed by atoms with Gasteiger partial charge in [-0.25, -0.2) is 0 Å². The molecule has 96 valence electrons. The average Bonchev–Trinajstić information content (AvgIpc) is 2.37. The Balaban J connectivity index is 2.35. The lowest BCUT2D eigenvalue weighted by molar-refractivity contribution is -0.130. The molecule has 0 heterocycles. The van der Waals surface area contributed by atoms with E-state index in [1.807, 2.05) is 12.1 Å². The Hall–Kier alpha value is -1.95. The van der Waals surface area contributed by atoms with Crippen LogP contribution < -0.4 is 0 Å². The number of rotatable bonds is 6. The van der Waals surface area contributed by atoms with Crippen molar-refractivity contribution in [2.45, 2.75) is 32.2 Å². The van der Waals surface area contributed by atoms with Crippen LogP contribution in [0.3, 0.4) is 0 Å². The van der Waals surface area contributed by atoms with E-state index in [2.05, 4.69) is 5.92 Å². The Morgan fingerprint density at radius 3 is 2.61 bits per heavy atom. The molecule has 0 atom stereocenters. The second kappa shape index (κ2) is 7.39. The van der Waals surface area contributed by atoms with Crippen LogP contribution in [0.2, 0.25) is 0 Å². The predicted molar refractivity (Wildman–Crippen MR) is 71.9 cm³/mol. The first-order chi connectivity index (χ1) is 8.63. The minimum atomic E-state index is 0.125. The second-order valence-electron chi connectivity index (χ2n) is 4.33. The number of phenolic OH excluding ortho intramolecular Hbond substituents is 1. The molecule has 1 amide bonds. The second-order valence-corrected chi connectivity index (χ2v) is 4.33. The quantitative estimate of drug-likeness (QED) is 0.618. The first-order valence-electron chi connectivity index (χ1n) is 6.09.